The van der Waals surface area contributed by atoms with Gasteiger partial charge in [-0.05, 0) is 54.8 Å². The minimum absolute atomic E-state index is 0.0464. The third-order valence-corrected chi connectivity index (χ3v) is 5.98. The predicted molar refractivity (Wildman–Crippen MR) is 131 cm³/mol. The van der Waals surface area contributed by atoms with Crippen LogP contribution in [-0.4, -0.2) is 51.1 Å². The van der Waals surface area contributed by atoms with Gasteiger partial charge in [0.15, 0.2) is 11.5 Å². The van der Waals surface area contributed by atoms with Gasteiger partial charge in [-0.3, -0.25) is 9.80 Å². The van der Waals surface area contributed by atoms with Gasteiger partial charge in [0, 0.05) is 29.6 Å². The second kappa shape index (κ2) is 10.8. The fourth-order valence-corrected chi connectivity index (χ4v) is 4.08. The summed E-state index contributed by atoms with van der Waals surface area (Å²) in [4.78, 5) is 32.0. The molecule has 0 saturated carbocycles. The molecule has 0 saturated heterocycles. The van der Waals surface area contributed by atoms with Crippen LogP contribution in [0.2, 0.25) is 0 Å². The van der Waals surface area contributed by atoms with Gasteiger partial charge < -0.3 is 20.0 Å². The van der Waals surface area contributed by atoms with Gasteiger partial charge in [-0.2, -0.15) is 5.10 Å². The van der Waals surface area contributed by atoms with Crippen LogP contribution in [0.1, 0.15) is 41.5 Å². The van der Waals surface area contributed by atoms with Crippen LogP contribution in [0, 0.1) is 5.92 Å². The first kappa shape index (κ1) is 23.9. The Labute approximate surface area is 203 Å². The fourth-order valence-electron chi connectivity index (χ4n) is 4.08. The molecule has 9 nitrogen and oxygen atoms in total. The van der Waals surface area contributed by atoms with Gasteiger partial charge in [0.1, 0.15) is 12.3 Å². The zero-order chi connectivity index (χ0) is 24.8. The van der Waals surface area contributed by atoms with E-state index >= 15 is 0 Å². The van der Waals surface area contributed by atoms with Crippen LogP contribution in [0.25, 0.3) is 0 Å². The van der Waals surface area contributed by atoms with E-state index in [0.717, 1.165) is 29.5 Å². The molecule has 3 aromatic rings. The molecule has 0 radical (unpaired) electrons. The number of nitrogens with one attached hydrogen (secondary N) is 1. The van der Waals surface area contributed by atoms with Crippen LogP contribution < -0.4 is 10.1 Å². The van der Waals surface area contributed by atoms with Crippen LogP contribution in [0.15, 0.2) is 66.0 Å². The molecule has 2 unspecified atom stereocenters. The average molecular weight is 474 g/mol. The number of aromatic nitrogens is 2. The van der Waals surface area contributed by atoms with E-state index in [1.54, 1.807) is 35.3 Å². The Morgan fingerprint density at radius 3 is 2.57 bits per heavy atom. The molecule has 0 spiro atoms. The largest absolute Gasteiger partial charge is 0.504 e. The summed E-state index contributed by atoms with van der Waals surface area (Å²) in [5.41, 5.74) is 3.17. The van der Waals surface area contributed by atoms with E-state index in [9.17, 15) is 14.7 Å². The topological polar surface area (TPSA) is 117 Å². The lowest BCUT2D eigenvalue weighted by Crippen LogP contribution is -2.41. The molecule has 0 aliphatic carbocycles. The molecule has 35 heavy (non-hydrogen) atoms. The molecule has 0 fully saturated rings. The van der Waals surface area contributed by atoms with Crippen molar-refractivity contribution in [2.75, 3.05) is 12.4 Å². The van der Waals surface area contributed by atoms with Gasteiger partial charge in [0.05, 0.1) is 19.4 Å². The number of benzene rings is 2. The lowest BCUT2D eigenvalue weighted by atomic mass is 9.87. The fraction of sp³-hybridized carbons (Fsp3) is 0.269. The highest BCUT2D eigenvalue weighted by atomic mass is 16.5. The maximum absolute atomic E-state index is 12.3. The van der Waals surface area contributed by atoms with Gasteiger partial charge in [0.2, 0.25) is 5.82 Å². The first-order chi connectivity index (χ1) is 17.0. The number of ether oxygens (including phenoxy) is 1. The van der Waals surface area contributed by atoms with Crippen molar-refractivity contribution in [2.45, 2.75) is 32.4 Å². The summed E-state index contributed by atoms with van der Waals surface area (Å²) in [6, 6.07) is 13.9. The number of anilines is 1. The molecule has 2 aromatic carbocycles. The van der Waals surface area contributed by atoms with Crippen molar-refractivity contribution in [2.24, 2.45) is 11.0 Å². The molecule has 1 aromatic heterocycles. The van der Waals surface area contributed by atoms with Crippen molar-refractivity contribution in [1.82, 2.24) is 15.0 Å². The Bertz CT molecular complexity index is 1210. The summed E-state index contributed by atoms with van der Waals surface area (Å²) in [7, 11) is 1.50. The normalized spacial score (nSPS) is 17.4. The van der Waals surface area contributed by atoms with Crippen molar-refractivity contribution in [3.63, 3.8) is 0 Å². The maximum atomic E-state index is 12.3. The summed E-state index contributed by atoms with van der Waals surface area (Å²) in [6.45, 7) is 2.48. The molecular formula is C26H27N5O4. The van der Waals surface area contributed by atoms with E-state index in [4.69, 9.17) is 9.84 Å². The number of methoxy groups -OCH3 is 1. The van der Waals surface area contributed by atoms with Crippen molar-refractivity contribution in [1.29, 1.82) is 0 Å². The molecular weight excluding hydrogens is 446 g/mol. The molecule has 2 heterocycles. The zero-order valence-corrected chi connectivity index (χ0v) is 19.6. The molecule has 1 aliphatic heterocycles. The molecule has 9 heteroatoms. The van der Waals surface area contributed by atoms with Crippen molar-refractivity contribution in [3.05, 3.63) is 77.9 Å². The van der Waals surface area contributed by atoms with Crippen molar-refractivity contribution >= 4 is 23.6 Å². The average Bonchev–Trinajstić information content (AvgIpc) is 2.90. The Balaban J connectivity index is 1.53. The van der Waals surface area contributed by atoms with Crippen molar-refractivity contribution < 1.29 is 19.4 Å². The Kier molecular flexibility index (Phi) is 7.35. The zero-order valence-electron chi connectivity index (χ0n) is 19.6. The molecule has 1 aliphatic rings. The number of carbonyl (C=O) groups excluding carboxylic acids is 2. The van der Waals surface area contributed by atoms with E-state index < -0.39 is 5.91 Å². The number of hydrogen-bond donors (Lipinski definition) is 2. The number of hydrazone groups is 1. The van der Waals surface area contributed by atoms with E-state index in [2.05, 4.69) is 22.2 Å². The monoisotopic (exact) mass is 473 g/mol. The molecule has 4 rings (SSSR count). The van der Waals surface area contributed by atoms with Crippen molar-refractivity contribution in [3.8, 4) is 11.5 Å². The second-order valence-electron chi connectivity index (χ2n) is 8.24. The lowest BCUT2D eigenvalue weighted by Gasteiger charge is -2.35. The Hall–Kier alpha value is -4.27. The number of nitrogens with zero attached hydrogens (tertiary/aromatic N) is 4. The highest BCUT2D eigenvalue weighted by molar-refractivity contribution is 6.03. The first-order valence-electron chi connectivity index (χ1n) is 11.4. The number of aldehydes is 1. The third kappa shape index (κ3) is 5.46. The van der Waals surface area contributed by atoms with E-state index in [0.29, 0.717) is 24.4 Å². The Morgan fingerprint density at radius 1 is 1.20 bits per heavy atom. The predicted octanol–water partition coefficient (Wildman–Crippen LogP) is 3.65. The number of phenolic OH excluding ortho intramolecular Hbond substituents is 1. The number of phenols is 1. The summed E-state index contributed by atoms with van der Waals surface area (Å²) < 4.78 is 5.15. The first-order valence-corrected chi connectivity index (χ1v) is 11.4. The van der Waals surface area contributed by atoms with Gasteiger partial charge >= 0.3 is 0 Å². The van der Waals surface area contributed by atoms with Crippen LogP contribution >= 0.6 is 0 Å². The smallest absolute Gasteiger partial charge is 0.293 e. The SMILES string of the molecule is CCC1CC(C=O)N(Cc2ccc(NC(=O)c3ncccn3)cc2)N=C1c1ccc(OC)c(O)c1. The summed E-state index contributed by atoms with van der Waals surface area (Å²) in [5, 5.41) is 19.6. The highest BCUT2D eigenvalue weighted by Crippen LogP contribution is 2.32. The number of carbonyl (C=O) groups is 2. The van der Waals surface area contributed by atoms with E-state index in [1.165, 1.54) is 19.5 Å². The molecule has 1 amide bonds. The standard InChI is InChI=1S/C26H27N5O4/c1-3-18-13-21(16-32)31(30-24(18)19-7-10-23(35-2)22(33)14-19)15-17-5-8-20(9-6-17)29-26(34)25-27-11-4-12-28-25/h4-12,14,16,18,21,33H,3,13,15H2,1-2H3,(H,29,34). The number of rotatable bonds is 8. The number of aromatic hydroxyl groups is 1. The Morgan fingerprint density at radius 2 is 1.94 bits per heavy atom. The summed E-state index contributed by atoms with van der Waals surface area (Å²) in [5.74, 6) is 0.234. The van der Waals surface area contributed by atoms with Gasteiger partial charge in [-0.25, -0.2) is 9.97 Å². The molecule has 2 atom stereocenters. The van der Waals surface area contributed by atoms with Crippen LogP contribution in [0.4, 0.5) is 5.69 Å². The quantitative estimate of drug-likeness (QED) is 0.480. The van der Waals surface area contributed by atoms with E-state index in [1.807, 2.05) is 18.2 Å². The minimum atomic E-state index is -0.391. The second-order valence-corrected chi connectivity index (χ2v) is 8.24. The van der Waals surface area contributed by atoms with Crippen LogP contribution in [0.5, 0.6) is 11.5 Å². The summed E-state index contributed by atoms with van der Waals surface area (Å²) >= 11 is 0. The van der Waals surface area contributed by atoms with Crippen LogP contribution in [0.3, 0.4) is 0 Å². The van der Waals surface area contributed by atoms with Crippen LogP contribution in [-0.2, 0) is 11.3 Å². The molecule has 2 N–H and O–H groups in total. The van der Waals surface area contributed by atoms with Gasteiger partial charge in [0.25, 0.3) is 5.91 Å². The number of amides is 1. The minimum Gasteiger partial charge on any atom is -0.504 e. The molecule has 0 bridgehead atoms. The summed E-state index contributed by atoms with van der Waals surface area (Å²) in [6.07, 6.45) is 5.42. The third-order valence-electron chi connectivity index (χ3n) is 5.98. The maximum Gasteiger partial charge on any atom is 0.293 e. The lowest BCUT2D eigenvalue weighted by molar-refractivity contribution is -0.113. The van der Waals surface area contributed by atoms with Gasteiger partial charge in [-0.1, -0.05) is 19.1 Å². The van der Waals surface area contributed by atoms with Gasteiger partial charge in [-0.15, -0.1) is 0 Å². The van der Waals surface area contributed by atoms with E-state index in [-0.39, 0.29) is 23.5 Å². The highest BCUT2D eigenvalue weighted by Gasteiger charge is 2.31. The molecule has 180 valence electrons. The number of hydrogen-bond acceptors (Lipinski definition) is 8.